The fourth-order valence-corrected chi connectivity index (χ4v) is 3.76. The molecular weight excluding hydrogens is 326 g/mol. The van der Waals surface area contributed by atoms with Crippen molar-refractivity contribution in [1.82, 2.24) is 4.98 Å². The molecule has 26 heavy (non-hydrogen) atoms. The average Bonchev–Trinajstić information content (AvgIpc) is 3.25. The predicted molar refractivity (Wildman–Crippen MR) is 100 cm³/mol. The van der Waals surface area contributed by atoms with Crippen LogP contribution in [-0.2, 0) is 9.53 Å². The Hall–Kier alpha value is -2.62. The van der Waals surface area contributed by atoms with E-state index < -0.39 is 0 Å². The highest BCUT2D eigenvalue weighted by atomic mass is 16.5. The highest BCUT2D eigenvalue weighted by molar-refractivity contribution is 5.81. The summed E-state index contributed by atoms with van der Waals surface area (Å²) in [7, 11) is 0. The molecular formula is C22H23NO3. The first kappa shape index (κ1) is 16.8. The molecule has 1 aliphatic rings. The minimum absolute atomic E-state index is 0.119. The monoisotopic (exact) mass is 349 g/mol. The number of hydrogen-bond donors (Lipinski definition) is 0. The number of nitrogens with zero attached hydrogens (tertiary/aromatic N) is 1. The van der Waals surface area contributed by atoms with Crippen molar-refractivity contribution in [2.24, 2.45) is 5.92 Å². The van der Waals surface area contributed by atoms with Crippen LogP contribution >= 0.6 is 0 Å². The molecule has 1 aromatic heterocycles. The Morgan fingerprint density at radius 1 is 1.12 bits per heavy atom. The van der Waals surface area contributed by atoms with E-state index >= 15 is 0 Å². The summed E-state index contributed by atoms with van der Waals surface area (Å²) in [6, 6.07) is 16.3. The first-order chi connectivity index (χ1) is 12.6. The van der Waals surface area contributed by atoms with Crippen LogP contribution in [-0.4, -0.2) is 17.6 Å². The van der Waals surface area contributed by atoms with Crippen molar-refractivity contribution in [3.63, 3.8) is 0 Å². The molecule has 0 saturated heterocycles. The van der Waals surface area contributed by atoms with Gasteiger partial charge in [0.15, 0.2) is 11.5 Å². The normalized spacial score (nSPS) is 21.9. The number of carbonyl (C=O) groups is 1. The molecule has 4 nitrogen and oxygen atoms in total. The number of rotatable bonds is 5. The Balaban J connectivity index is 1.70. The number of hydrogen-bond acceptors (Lipinski definition) is 4. The summed E-state index contributed by atoms with van der Waals surface area (Å²) < 4.78 is 11.2. The van der Waals surface area contributed by atoms with Gasteiger partial charge in [0.25, 0.3) is 0 Å². The van der Waals surface area contributed by atoms with E-state index in [-0.39, 0.29) is 29.6 Å². The molecule has 4 rings (SSSR count). The maximum Gasteiger partial charge on any atom is 0.310 e. The van der Waals surface area contributed by atoms with Crippen LogP contribution in [0.5, 0.6) is 0 Å². The second kappa shape index (κ2) is 6.60. The van der Waals surface area contributed by atoms with Crippen molar-refractivity contribution in [3.05, 3.63) is 65.5 Å². The van der Waals surface area contributed by atoms with Crippen LogP contribution in [0.25, 0.3) is 11.1 Å². The van der Waals surface area contributed by atoms with E-state index in [1.54, 1.807) is 0 Å². The van der Waals surface area contributed by atoms with Gasteiger partial charge in [0, 0.05) is 17.8 Å². The van der Waals surface area contributed by atoms with Crippen LogP contribution in [0.3, 0.4) is 0 Å². The van der Waals surface area contributed by atoms with Gasteiger partial charge in [0.05, 0.1) is 12.5 Å². The van der Waals surface area contributed by atoms with Crippen LogP contribution in [0.4, 0.5) is 0 Å². The molecule has 3 unspecified atom stereocenters. The lowest BCUT2D eigenvalue weighted by molar-refractivity contribution is -0.144. The zero-order valence-electron chi connectivity index (χ0n) is 15.3. The number of ether oxygens (including phenoxy) is 1. The zero-order valence-corrected chi connectivity index (χ0v) is 15.3. The summed E-state index contributed by atoms with van der Waals surface area (Å²) in [5, 5.41) is 0. The van der Waals surface area contributed by atoms with Crippen molar-refractivity contribution in [1.29, 1.82) is 0 Å². The van der Waals surface area contributed by atoms with Gasteiger partial charge in [-0.1, -0.05) is 50.2 Å². The van der Waals surface area contributed by atoms with Gasteiger partial charge < -0.3 is 9.15 Å². The molecule has 1 fully saturated rings. The van der Waals surface area contributed by atoms with Crippen LogP contribution in [0.1, 0.15) is 55.5 Å². The van der Waals surface area contributed by atoms with E-state index in [9.17, 15) is 4.79 Å². The molecule has 3 atom stereocenters. The maximum absolute atomic E-state index is 12.5. The number of oxazole rings is 1. The topological polar surface area (TPSA) is 52.3 Å². The van der Waals surface area contributed by atoms with E-state index in [1.165, 1.54) is 5.56 Å². The summed E-state index contributed by atoms with van der Waals surface area (Å²) in [5.74, 6) is 1.01. The van der Waals surface area contributed by atoms with Crippen LogP contribution in [0, 0.1) is 5.92 Å². The van der Waals surface area contributed by atoms with Crippen molar-refractivity contribution >= 4 is 17.1 Å². The third-order valence-corrected chi connectivity index (χ3v) is 5.07. The van der Waals surface area contributed by atoms with E-state index in [2.05, 4.69) is 37.0 Å². The Bertz CT molecular complexity index is 929. The largest absolute Gasteiger partial charge is 0.466 e. The summed E-state index contributed by atoms with van der Waals surface area (Å²) in [5.41, 5.74) is 3.93. The molecule has 4 heteroatoms. The minimum atomic E-state index is -0.137. The number of benzene rings is 2. The highest BCUT2D eigenvalue weighted by Gasteiger charge is 2.57. The summed E-state index contributed by atoms with van der Waals surface area (Å²) in [6.07, 6.45) is 0. The van der Waals surface area contributed by atoms with Gasteiger partial charge in [0.1, 0.15) is 5.52 Å². The van der Waals surface area contributed by atoms with Gasteiger partial charge in [-0.05, 0) is 30.2 Å². The number of aromatic nitrogens is 1. The van der Waals surface area contributed by atoms with Gasteiger partial charge in [-0.25, -0.2) is 4.98 Å². The molecule has 2 aromatic carbocycles. The Morgan fingerprint density at radius 3 is 2.54 bits per heavy atom. The zero-order chi connectivity index (χ0) is 18.3. The molecule has 1 heterocycles. The number of esters is 1. The lowest BCUT2D eigenvalue weighted by Crippen LogP contribution is -2.08. The van der Waals surface area contributed by atoms with Crippen LogP contribution in [0.2, 0.25) is 0 Å². The first-order valence-electron chi connectivity index (χ1n) is 9.22. The smallest absolute Gasteiger partial charge is 0.310 e. The van der Waals surface area contributed by atoms with E-state index in [1.807, 2.05) is 37.3 Å². The number of fused-ring (bicyclic) bond motifs is 1. The molecule has 1 saturated carbocycles. The molecule has 0 spiro atoms. The SMILES string of the molecule is CCOC(=O)C1C(c2ccccc2)C1c1ccc2nc(C(C)C)oc2c1. The molecule has 134 valence electrons. The first-order valence-corrected chi connectivity index (χ1v) is 9.22. The molecule has 0 N–H and O–H groups in total. The fourth-order valence-electron chi connectivity index (χ4n) is 3.76. The lowest BCUT2D eigenvalue weighted by atomic mass is 10.0. The van der Waals surface area contributed by atoms with E-state index in [0.717, 1.165) is 22.6 Å². The quantitative estimate of drug-likeness (QED) is 0.608. The molecule has 3 aromatic rings. The van der Waals surface area contributed by atoms with Gasteiger partial charge in [-0.3, -0.25) is 4.79 Å². The third-order valence-electron chi connectivity index (χ3n) is 5.07. The average molecular weight is 349 g/mol. The van der Waals surface area contributed by atoms with Crippen molar-refractivity contribution in [3.8, 4) is 0 Å². The second-order valence-corrected chi connectivity index (χ2v) is 7.17. The van der Waals surface area contributed by atoms with Crippen molar-refractivity contribution in [2.45, 2.75) is 38.5 Å². The van der Waals surface area contributed by atoms with Crippen LogP contribution in [0.15, 0.2) is 52.9 Å². The fraction of sp³-hybridized carbons (Fsp3) is 0.364. The predicted octanol–water partition coefficient (Wildman–Crippen LogP) is 5.01. The minimum Gasteiger partial charge on any atom is -0.466 e. The summed E-state index contributed by atoms with van der Waals surface area (Å²) >= 11 is 0. The Labute approximate surface area is 153 Å². The Kier molecular flexibility index (Phi) is 4.27. The van der Waals surface area contributed by atoms with Gasteiger partial charge in [-0.2, -0.15) is 0 Å². The maximum atomic E-state index is 12.5. The molecule has 0 aliphatic heterocycles. The van der Waals surface area contributed by atoms with Gasteiger partial charge in [0.2, 0.25) is 0 Å². The molecule has 0 bridgehead atoms. The summed E-state index contributed by atoms with van der Waals surface area (Å²) in [6.45, 7) is 6.38. The van der Waals surface area contributed by atoms with E-state index in [4.69, 9.17) is 9.15 Å². The lowest BCUT2D eigenvalue weighted by Gasteiger charge is -2.01. The molecule has 1 aliphatic carbocycles. The highest BCUT2D eigenvalue weighted by Crippen LogP contribution is 2.61. The van der Waals surface area contributed by atoms with E-state index in [0.29, 0.717) is 6.61 Å². The van der Waals surface area contributed by atoms with Gasteiger partial charge >= 0.3 is 5.97 Å². The Morgan fingerprint density at radius 2 is 1.85 bits per heavy atom. The van der Waals surface area contributed by atoms with Gasteiger partial charge in [-0.15, -0.1) is 0 Å². The third kappa shape index (κ3) is 2.90. The molecule has 0 radical (unpaired) electrons. The summed E-state index contributed by atoms with van der Waals surface area (Å²) in [4.78, 5) is 17.0. The second-order valence-electron chi connectivity index (χ2n) is 7.17. The van der Waals surface area contributed by atoms with Crippen molar-refractivity contribution < 1.29 is 13.9 Å². The number of carbonyl (C=O) groups excluding carboxylic acids is 1. The standard InChI is InChI=1S/C22H23NO3/c1-4-25-22(24)20-18(14-8-6-5-7-9-14)19(20)15-10-11-16-17(12-15)26-21(23-16)13(2)3/h5-13,18-20H,4H2,1-3H3. The van der Waals surface area contributed by atoms with Crippen LogP contribution < -0.4 is 0 Å². The van der Waals surface area contributed by atoms with Crippen molar-refractivity contribution in [2.75, 3.05) is 6.61 Å². The molecule has 0 amide bonds.